The fraction of sp³-hybridized carbons (Fsp3) is 0.111. The second-order valence-corrected chi connectivity index (χ2v) is 1.88. The van der Waals surface area contributed by atoms with Gasteiger partial charge in [0.2, 0.25) is 0 Å². The minimum Gasteiger partial charge on any atom is -0.497 e. The molecule has 0 aliphatic carbocycles. The normalized spacial score (nSPS) is 13.1. The molecule has 2 rings (SSSR count). The summed E-state index contributed by atoms with van der Waals surface area (Å²) in [6, 6.07) is 3.67. The number of rotatable bonds is 0. The van der Waals surface area contributed by atoms with Crippen molar-refractivity contribution < 1.29 is 9.15 Å². The Morgan fingerprint density at radius 2 is 1.82 bits per heavy atom. The molecular weight excluding hydrogens is 140 g/mol. The zero-order valence-electron chi connectivity index (χ0n) is 6.14. The molecule has 0 atom stereocenters. The zero-order chi connectivity index (χ0) is 7.78. The van der Waals surface area contributed by atoms with Gasteiger partial charge in [0.05, 0.1) is 18.8 Å². The SMILES string of the molecule is C1=CCOC=C1.c1ccoc1. The van der Waals surface area contributed by atoms with E-state index in [1.165, 1.54) is 0 Å². The second kappa shape index (κ2) is 5.35. The molecule has 0 radical (unpaired) electrons. The van der Waals surface area contributed by atoms with Crippen LogP contribution in [0.2, 0.25) is 0 Å². The number of ether oxygens (including phenoxy) is 1. The third kappa shape index (κ3) is 4.03. The Bertz CT molecular complexity index is 180. The maximum absolute atomic E-state index is 4.80. The molecule has 2 heteroatoms. The Balaban J connectivity index is 0.000000112. The standard InChI is InChI=1S/C5H6O.C4H4O/c1-2-4-6-5-3-1;1-2-4-5-3-1/h1-4H,5H2;1-4H. The molecule has 0 bridgehead atoms. The van der Waals surface area contributed by atoms with Crippen molar-refractivity contribution in [1.29, 1.82) is 0 Å². The maximum Gasteiger partial charge on any atom is 0.106 e. The van der Waals surface area contributed by atoms with E-state index >= 15 is 0 Å². The van der Waals surface area contributed by atoms with E-state index in [4.69, 9.17) is 4.74 Å². The van der Waals surface area contributed by atoms with Crippen LogP contribution in [0.5, 0.6) is 0 Å². The van der Waals surface area contributed by atoms with E-state index in [0.29, 0.717) is 0 Å². The van der Waals surface area contributed by atoms with Crippen molar-refractivity contribution in [2.24, 2.45) is 0 Å². The molecule has 0 amide bonds. The fourth-order valence-corrected chi connectivity index (χ4v) is 0.573. The smallest absolute Gasteiger partial charge is 0.106 e. The molecule has 0 saturated heterocycles. The highest BCUT2D eigenvalue weighted by Crippen LogP contribution is 1.87. The van der Waals surface area contributed by atoms with Gasteiger partial charge in [-0.05, 0) is 24.3 Å². The summed E-state index contributed by atoms with van der Waals surface area (Å²) in [6.45, 7) is 0.733. The van der Waals surface area contributed by atoms with Crippen molar-refractivity contribution in [3.8, 4) is 0 Å². The predicted octanol–water partition coefficient (Wildman–Crippen LogP) is 2.37. The average molecular weight is 150 g/mol. The molecule has 2 heterocycles. The van der Waals surface area contributed by atoms with E-state index < -0.39 is 0 Å². The van der Waals surface area contributed by atoms with Gasteiger partial charge in [0.25, 0.3) is 0 Å². The van der Waals surface area contributed by atoms with Crippen molar-refractivity contribution in [2.75, 3.05) is 6.61 Å². The van der Waals surface area contributed by atoms with Crippen LogP contribution in [-0.4, -0.2) is 6.61 Å². The van der Waals surface area contributed by atoms with Crippen molar-refractivity contribution in [2.45, 2.75) is 0 Å². The minimum absolute atomic E-state index is 0.733. The first-order chi connectivity index (χ1) is 5.50. The van der Waals surface area contributed by atoms with Crippen LogP contribution in [0.4, 0.5) is 0 Å². The lowest BCUT2D eigenvalue weighted by Crippen LogP contribution is -1.82. The Kier molecular flexibility index (Phi) is 3.73. The van der Waals surface area contributed by atoms with Gasteiger partial charge in [-0.3, -0.25) is 0 Å². The molecule has 0 N–H and O–H groups in total. The molecule has 1 aliphatic rings. The van der Waals surface area contributed by atoms with Gasteiger partial charge in [0.1, 0.15) is 6.61 Å². The predicted molar refractivity (Wildman–Crippen MR) is 42.9 cm³/mol. The molecule has 0 saturated carbocycles. The van der Waals surface area contributed by atoms with Gasteiger partial charge in [0.15, 0.2) is 0 Å². The number of hydrogen-bond donors (Lipinski definition) is 0. The van der Waals surface area contributed by atoms with Crippen molar-refractivity contribution in [1.82, 2.24) is 0 Å². The van der Waals surface area contributed by atoms with Gasteiger partial charge >= 0.3 is 0 Å². The zero-order valence-corrected chi connectivity index (χ0v) is 6.14. The summed E-state index contributed by atoms with van der Waals surface area (Å²) in [4.78, 5) is 0. The number of allylic oxidation sites excluding steroid dienone is 2. The highest BCUT2D eigenvalue weighted by atomic mass is 16.5. The van der Waals surface area contributed by atoms with Gasteiger partial charge < -0.3 is 9.15 Å². The van der Waals surface area contributed by atoms with Gasteiger partial charge in [-0.15, -0.1) is 0 Å². The second-order valence-electron chi connectivity index (χ2n) is 1.88. The molecule has 1 aromatic rings. The quantitative estimate of drug-likeness (QED) is 0.566. The molecule has 58 valence electrons. The van der Waals surface area contributed by atoms with E-state index in [1.807, 2.05) is 30.4 Å². The van der Waals surface area contributed by atoms with Gasteiger partial charge in [0, 0.05) is 0 Å². The third-order valence-electron chi connectivity index (χ3n) is 1.04. The largest absolute Gasteiger partial charge is 0.497 e. The van der Waals surface area contributed by atoms with Crippen LogP contribution in [0.25, 0.3) is 0 Å². The van der Waals surface area contributed by atoms with E-state index in [9.17, 15) is 0 Å². The van der Waals surface area contributed by atoms with Gasteiger partial charge in [-0.25, -0.2) is 0 Å². The molecule has 1 aromatic heterocycles. The van der Waals surface area contributed by atoms with Crippen LogP contribution >= 0.6 is 0 Å². The van der Waals surface area contributed by atoms with Crippen LogP contribution in [-0.2, 0) is 4.74 Å². The summed E-state index contributed by atoms with van der Waals surface area (Å²) < 4.78 is 9.39. The van der Waals surface area contributed by atoms with Crippen molar-refractivity contribution >= 4 is 0 Å². The van der Waals surface area contributed by atoms with Crippen molar-refractivity contribution in [3.63, 3.8) is 0 Å². The van der Waals surface area contributed by atoms with Crippen LogP contribution in [0.15, 0.2) is 53.6 Å². The lowest BCUT2D eigenvalue weighted by Gasteiger charge is -1.94. The fourth-order valence-electron chi connectivity index (χ4n) is 0.573. The minimum atomic E-state index is 0.733. The van der Waals surface area contributed by atoms with Crippen LogP contribution < -0.4 is 0 Å². The molecule has 1 aliphatic heterocycles. The van der Waals surface area contributed by atoms with E-state index in [2.05, 4.69) is 4.42 Å². The Morgan fingerprint density at radius 3 is 2.00 bits per heavy atom. The first kappa shape index (κ1) is 7.66. The Hall–Kier alpha value is -1.44. The molecule has 0 unspecified atom stereocenters. The lowest BCUT2D eigenvalue weighted by atomic mass is 10.5. The molecule has 0 spiro atoms. The summed E-state index contributed by atoms with van der Waals surface area (Å²) in [5.74, 6) is 0. The lowest BCUT2D eigenvalue weighted by molar-refractivity contribution is 0.286. The highest BCUT2D eigenvalue weighted by Gasteiger charge is 1.75. The molecule has 0 fully saturated rings. The van der Waals surface area contributed by atoms with Crippen LogP contribution in [0.3, 0.4) is 0 Å². The van der Waals surface area contributed by atoms with Crippen LogP contribution in [0.1, 0.15) is 0 Å². The summed E-state index contributed by atoms with van der Waals surface area (Å²) >= 11 is 0. The van der Waals surface area contributed by atoms with Gasteiger partial charge in [-0.1, -0.05) is 6.08 Å². The third-order valence-corrected chi connectivity index (χ3v) is 1.04. The molecule has 0 aromatic carbocycles. The van der Waals surface area contributed by atoms with Crippen LogP contribution in [0, 0.1) is 0 Å². The monoisotopic (exact) mass is 150 g/mol. The number of hydrogen-bond acceptors (Lipinski definition) is 2. The van der Waals surface area contributed by atoms with E-state index in [1.54, 1.807) is 18.8 Å². The summed E-state index contributed by atoms with van der Waals surface area (Å²) in [7, 11) is 0. The summed E-state index contributed by atoms with van der Waals surface area (Å²) in [5.41, 5.74) is 0. The first-order valence-electron chi connectivity index (χ1n) is 3.40. The summed E-state index contributed by atoms with van der Waals surface area (Å²) in [5, 5.41) is 0. The van der Waals surface area contributed by atoms with Crippen molar-refractivity contribution in [3.05, 3.63) is 49.1 Å². The summed E-state index contributed by atoms with van der Waals surface area (Å²) in [6.07, 6.45) is 10.7. The maximum atomic E-state index is 4.80. The van der Waals surface area contributed by atoms with E-state index in [0.717, 1.165) is 6.61 Å². The Labute approximate surface area is 65.8 Å². The molecular formula is C9H10O2. The topological polar surface area (TPSA) is 22.4 Å². The molecule has 2 nitrogen and oxygen atoms in total. The average Bonchev–Trinajstić information content (AvgIpc) is 2.64. The van der Waals surface area contributed by atoms with Gasteiger partial charge in [-0.2, -0.15) is 0 Å². The van der Waals surface area contributed by atoms with E-state index in [-0.39, 0.29) is 0 Å². The Morgan fingerprint density at radius 1 is 1.00 bits per heavy atom. The number of furan rings is 1. The molecule has 11 heavy (non-hydrogen) atoms. The highest BCUT2D eigenvalue weighted by molar-refractivity contribution is 5.02. The first-order valence-corrected chi connectivity index (χ1v) is 3.40.